The number of amidine groups is 1. The zero-order chi connectivity index (χ0) is 11.8. The van der Waals surface area contributed by atoms with Gasteiger partial charge in [-0.15, -0.1) is 0 Å². The molecule has 14 heavy (non-hydrogen) atoms. The molecule has 0 atom stereocenters. The van der Waals surface area contributed by atoms with Crippen LogP contribution in [-0.4, -0.2) is 23.9 Å². The van der Waals surface area contributed by atoms with E-state index in [-0.39, 0.29) is 0 Å². The summed E-state index contributed by atoms with van der Waals surface area (Å²) in [7, 11) is -4.38. The SMILES string of the molecule is C=C(O)S(=O)(=O)O.CCCCC(=N)N. The number of hydrogen-bond acceptors (Lipinski definition) is 4. The van der Waals surface area contributed by atoms with Crippen LogP contribution in [-0.2, 0) is 10.1 Å². The summed E-state index contributed by atoms with van der Waals surface area (Å²) in [5.74, 6) is 0.307. The second-order valence-corrected chi connectivity index (χ2v) is 3.92. The van der Waals surface area contributed by atoms with E-state index in [1.165, 1.54) is 0 Å². The van der Waals surface area contributed by atoms with Crippen molar-refractivity contribution in [2.24, 2.45) is 5.73 Å². The summed E-state index contributed by atoms with van der Waals surface area (Å²) < 4.78 is 26.8. The Kier molecular flexibility index (Phi) is 8.07. The lowest BCUT2D eigenvalue weighted by atomic mass is 10.2. The van der Waals surface area contributed by atoms with Crippen LogP contribution in [0.2, 0.25) is 0 Å². The van der Waals surface area contributed by atoms with Gasteiger partial charge in [-0.2, -0.15) is 8.42 Å². The van der Waals surface area contributed by atoms with Crippen molar-refractivity contribution < 1.29 is 18.1 Å². The number of aliphatic hydroxyl groups is 1. The van der Waals surface area contributed by atoms with Crippen LogP contribution < -0.4 is 5.73 Å². The summed E-state index contributed by atoms with van der Waals surface area (Å²) in [4.78, 5) is 0. The highest BCUT2D eigenvalue weighted by Crippen LogP contribution is 1.91. The first kappa shape index (κ1) is 15.4. The second kappa shape index (κ2) is 7.34. The quantitative estimate of drug-likeness (QED) is 0.245. The Morgan fingerprint density at radius 1 is 1.57 bits per heavy atom. The van der Waals surface area contributed by atoms with Crippen molar-refractivity contribution in [3.63, 3.8) is 0 Å². The van der Waals surface area contributed by atoms with Gasteiger partial charge in [0.25, 0.3) is 0 Å². The lowest BCUT2D eigenvalue weighted by Gasteiger charge is -1.90. The first-order valence-corrected chi connectivity index (χ1v) is 5.34. The molecule has 84 valence electrons. The molecule has 0 saturated heterocycles. The van der Waals surface area contributed by atoms with Crippen molar-refractivity contribution in [3.8, 4) is 0 Å². The monoisotopic (exact) mass is 224 g/mol. The van der Waals surface area contributed by atoms with Crippen molar-refractivity contribution in [2.45, 2.75) is 26.2 Å². The number of rotatable bonds is 4. The number of hydrogen-bond donors (Lipinski definition) is 4. The molecule has 0 amide bonds. The molecule has 5 N–H and O–H groups in total. The molecule has 0 spiro atoms. The molecule has 0 aromatic rings. The molecule has 6 nitrogen and oxygen atoms in total. The third-order valence-electron chi connectivity index (χ3n) is 1.10. The van der Waals surface area contributed by atoms with Gasteiger partial charge >= 0.3 is 10.1 Å². The van der Waals surface area contributed by atoms with Gasteiger partial charge in [0.2, 0.25) is 5.09 Å². The van der Waals surface area contributed by atoms with Crippen LogP contribution in [0.3, 0.4) is 0 Å². The Bertz CT molecular complexity index is 284. The predicted octanol–water partition coefficient (Wildman–Crippen LogP) is 1.02. The largest absolute Gasteiger partial charge is 0.497 e. The number of nitrogens with two attached hydrogens (primary N) is 1. The van der Waals surface area contributed by atoms with E-state index in [9.17, 15) is 8.42 Å². The highest BCUT2D eigenvalue weighted by atomic mass is 32.2. The summed E-state index contributed by atoms with van der Waals surface area (Å²) in [6.45, 7) is 4.63. The zero-order valence-corrected chi connectivity index (χ0v) is 8.84. The third kappa shape index (κ3) is 13.5. The van der Waals surface area contributed by atoms with Crippen molar-refractivity contribution >= 4 is 16.0 Å². The van der Waals surface area contributed by atoms with Gasteiger partial charge in [0, 0.05) is 6.42 Å². The minimum absolute atomic E-state index is 0.307. The fourth-order valence-corrected chi connectivity index (χ4v) is 0.367. The lowest BCUT2D eigenvalue weighted by Crippen LogP contribution is -2.07. The molecule has 0 unspecified atom stereocenters. The van der Waals surface area contributed by atoms with Crippen LogP contribution in [0.4, 0.5) is 0 Å². The third-order valence-corrected chi connectivity index (χ3v) is 1.69. The molecule has 0 bridgehead atoms. The first-order chi connectivity index (χ1) is 6.21. The molecule has 0 fully saturated rings. The van der Waals surface area contributed by atoms with Crippen LogP contribution in [0.25, 0.3) is 0 Å². The van der Waals surface area contributed by atoms with Crippen LogP contribution in [0.5, 0.6) is 0 Å². The smallest absolute Gasteiger partial charge is 0.326 e. The topological polar surface area (TPSA) is 124 Å². The normalized spacial score (nSPS) is 9.86. The van der Waals surface area contributed by atoms with Gasteiger partial charge in [0.15, 0.2) is 0 Å². The Hall–Kier alpha value is -1.08. The van der Waals surface area contributed by atoms with E-state index < -0.39 is 15.2 Å². The van der Waals surface area contributed by atoms with E-state index in [4.69, 9.17) is 20.8 Å². The van der Waals surface area contributed by atoms with E-state index in [0.29, 0.717) is 5.84 Å². The maximum atomic E-state index is 9.54. The maximum Gasteiger partial charge on any atom is 0.326 e. The van der Waals surface area contributed by atoms with E-state index in [1.54, 1.807) is 0 Å². The number of unbranched alkanes of at least 4 members (excludes halogenated alkanes) is 1. The average molecular weight is 224 g/mol. The van der Waals surface area contributed by atoms with E-state index in [1.807, 2.05) is 0 Å². The molecule has 0 aromatic heterocycles. The van der Waals surface area contributed by atoms with Crippen LogP contribution in [0.15, 0.2) is 11.7 Å². The predicted molar refractivity (Wildman–Crippen MR) is 54.8 cm³/mol. The Balaban J connectivity index is 0. The molecule has 0 aliphatic heterocycles. The van der Waals surface area contributed by atoms with Gasteiger partial charge in [-0.3, -0.25) is 9.96 Å². The number of aliphatic hydroxyl groups excluding tert-OH is 1. The van der Waals surface area contributed by atoms with Crippen molar-refractivity contribution in [3.05, 3.63) is 11.7 Å². The van der Waals surface area contributed by atoms with Crippen LogP contribution in [0, 0.1) is 5.41 Å². The molecule has 0 saturated carbocycles. The van der Waals surface area contributed by atoms with Gasteiger partial charge in [0.05, 0.1) is 5.84 Å². The van der Waals surface area contributed by atoms with Gasteiger partial charge in [-0.05, 0) is 13.0 Å². The zero-order valence-electron chi connectivity index (χ0n) is 8.02. The fourth-order valence-electron chi connectivity index (χ4n) is 0.367. The summed E-state index contributed by atoms with van der Waals surface area (Å²) in [6.07, 6.45) is 2.94. The second-order valence-electron chi connectivity index (χ2n) is 2.50. The van der Waals surface area contributed by atoms with Crippen molar-refractivity contribution in [1.29, 1.82) is 5.41 Å². The van der Waals surface area contributed by atoms with Gasteiger partial charge in [-0.1, -0.05) is 13.3 Å². The Labute approximate surface area is 83.7 Å². The van der Waals surface area contributed by atoms with E-state index in [2.05, 4.69) is 13.5 Å². The van der Waals surface area contributed by atoms with E-state index >= 15 is 0 Å². The highest BCUT2D eigenvalue weighted by Gasteiger charge is 2.05. The summed E-state index contributed by atoms with van der Waals surface area (Å²) >= 11 is 0. The Morgan fingerprint density at radius 2 is 1.93 bits per heavy atom. The minimum atomic E-state index is -4.38. The first-order valence-electron chi connectivity index (χ1n) is 3.90. The fraction of sp³-hybridized carbons (Fsp3) is 0.571. The molecule has 0 heterocycles. The highest BCUT2D eigenvalue weighted by molar-refractivity contribution is 7.89. The summed E-state index contributed by atoms with van der Waals surface area (Å²) in [6, 6.07) is 0. The van der Waals surface area contributed by atoms with Crippen molar-refractivity contribution in [2.75, 3.05) is 0 Å². The van der Waals surface area contributed by atoms with Gasteiger partial charge < -0.3 is 10.8 Å². The number of nitrogens with one attached hydrogen (secondary N) is 1. The summed E-state index contributed by atoms with van der Waals surface area (Å²) in [5, 5.41) is 13.4. The Morgan fingerprint density at radius 3 is 2.00 bits per heavy atom. The van der Waals surface area contributed by atoms with Gasteiger partial charge in [0.1, 0.15) is 0 Å². The molecule has 0 aliphatic carbocycles. The summed E-state index contributed by atoms with van der Waals surface area (Å²) in [5.41, 5.74) is 5.06. The molecular formula is C7H16N2O4S. The standard InChI is InChI=1S/C5H12N2.C2H4O4S/c1-2-3-4-5(6)7;1-2(3)7(4,5)6/h2-4H2,1H3,(H3,6,7);3H,1H2,(H,4,5,6). The van der Waals surface area contributed by atoms with Gasteiger partial charge in [-0.25, -0.2) is 0 Å². The van der Waals surface area contributed by atoms with Crippen LogP contribution >= 0.6 is 0 Å². The van der Waals surface area contributed by atoms with Crippen molar-refractivity contribution in [1.82, 2.24) is 0 Å². The molecule has 0 aromatic carbocycles. The molecule has 0 radical (unpaired) electrons. The average Bonchev–Trinajstić information content (AvgIpc) is 2.00. The lowest BCUT2D eigenvalue weighted by molar-refractivity contribution is 0.408. The minimum Gasteiger partial charge on any atom is -0.497 e. The van der Waals surface area contributed by atoms with Crippen LogP contribution in [0.1, 0.15) is 26.2 Å². The van der Waals surface area contributed by atoms with E-state index in [0.717, 1.165) is 19.3 Å². The molecule has 7 heteroatoms. The molecule has 0 rings (SSSR count). The maximum absolute atomic E-state index is 9.54. The molecular weight excluding hydrogens is 208 g/mol. The molecule has 0 aliphatic rings.